The predicted molar refractivity (Wildman–Crippen MR) is 105 cm³/mol. The van der Waals surface area contributed by atoms with Gasteiger partial charge in [-0.15, -0.1) is 0 Å². The molecule has 2 aliphatic rings. The fourth-order valence-corrected chi connectivity index (χ4v) is 4.16. The van der Waals surface area contributed by atoms with Crippen molar-refractivity contribution in [2.45, 2.75) is 37.5 Å². The van der Waals surface area contributed by atoms with Crippen molar-refractivity contribution in [2.24, 2.45) is 0 Å². The van der Waals surface area contributed by atoms with Crippen molar-refractivity contribution < 1.29 is 14.3 Å². The van der Waals surface area contributed by atoms with Crippen LogP contribution >= 0.6 is 23.2 Å². The van der Waals surface area contributed by atoms with Crippen molar-refractivity contribution in [3.05, 3.63) is 63.6 Å². The molecule has 5 nitrogen and oxygen atoms in total. The Balaban J connectivity index is 1.38. The quantitative estimate of drug-likeness (QED) is 0.797. The third-order valence-corrected chi connectivity index (χ3v) is 5.39. The molecule has 2 saturated heterocycles. The van der Waals surface area contributed by atoms with Gasteiger partial charge in [-0.05, 0) is 61.7 Å². The molecule has 0 saturated carbocycles. The van der Waals surface area contributed by atoms with Crippen LogP contribution in [0.15, 0.2) is 42.5 Å². The van der Waals surface area contributed by atoms with Gasteiger partial charge in [0.1, 0.15) is 0 Å². The Labute approximate surface area is 167 Å². The van der Waals surface area contributed by atoms with E-state index in [-0.39, 0.29) is 30.1 Å². The van der Waals surface area contributed by atoms with Crippen LogP contribution in [0.2, 0.25) is 10.0 Å². The van der Waals surface area contributed by atoms with Gasteiger partial charge < -0.3 is 15.4 Å². The van der Waals surface area contributed by atoms with Crippen molar-refractivity contribution in [1.82, 2.24) is 5.32 Å². The second kappa shape index (κ2) is 7.50. The molecule has 0 unspecified atom stereocenters. The summed E-state index contributed by atoms with van der Waals surface area (Å²) in [5.41, 5.74) is 1.49. The summed E-state index contributed by atoms with van der Waals surface area (Å²) in [4.78, 5) is 24.7. The molecule has 7 heteroatoms. The highest BCUT2D eigenvalue weighted by molar-refractivity contribution is 6.35. The molecule has 2 fully saturated rings. The first-order valence-corrected chi connectivity index (χ1v) is 9.57. The van der Waals surface area contributed by atoms with Crippen LogP contribution < -0.4 is 10.6 Å². The Morgan fingerprint density at radius 1 is 0.926 bits per heavy atom. The van der Waals surface area contributed by atoms with Crippen LogP contribution in [0.25, 0.3) is 0 Å². The van der Waals surface area contributed by atoms with E-state index in [1.165, 1.54) is 0 Å². The van der Waals surface area contributed by atoms with E-state index in [0.29, 0.717) is 26.9 Å². The molecule has 2 heterocycles. The van der Waals surface area contributed by atoms with Crippen molar-refractivity contribution in [3.63, 3.8) is 0 Å². The number of hydrogen-bond acceptors (Lipinski definition) is 3. The van der Waals surface area contributed by atoms with Crippen LogP contribution in [-0.2, 0) is 4.74 Å². The summed E-state index contributed by atoms with van der Waals surface area (Å²) >= 11 is 11.9. The summed E-state index contributed by atoms with van der Waals surface area (Å²) in [6.07, 6.45) is 3.41. The number of hydrogen-bond donors (Lipinski definition) is 2. The Kier molecular flexibility index (Phi) is 5.08. The van der Waals surface area contributed by atoms with Crippen molar-refractivity contribution in [1.29, 1.82) is 0 Å². The van der Waals surface area contributed by atoms with Gasteiger partial charge in [-0.3, -0.25) is 9.59 Å². The zero-order valence-electron chi connectivity index (χ0n) is 14.4. The van der Waals surface area contributed by atoms with Gasteiger partial charge in [0.15, 0.2) is 0 Å². The number of nitrogens with one attached hydrogen (secondary N) is 2. The van der Waals surface area contributed by atoms with E-state index in [0.717, 1.165) is 19.3 Å². The number of amides is 2. The van der Waals surface area contributed by atoms with Crippen molar-refractivity contribution >= 4 is 40.7 Å². The molecule has 2 amide bonds. The van der Waals surface area contributed by atoms with Crippen LogP contribution in [0, 0.1) is 0 Å². The summed E-state index contributed by atoms with van der Waals surface area (Å²) in [7, 11) is 0. The summed E-state index contributed by atoms with van der Waals surface area (Å²) in [6, 6.07) is 11.5. The Morgan fingerprint density at radius 3 is 2.22 bits per heavy atom. The zero-order valence-corrected chi connectivity index (χ0v) is 15.9. The maximum absolute atomic E-state index is 12.4. The lowest BCUT2D eigenvalue weighted by Gasteiger charge is -2.20. The molecule has 2 bridgehead atoms. The first-order valence-electron chi connectivity index (χ1n) is 8.82. The smallest absolute Gasteiger partial charge is 0.255 e. The highest BCUT2D eigenvalue weighted by atomic mass is 35.5. The van der Waals surface area contributed by atoms with Crippen molar-refractivity contribution in [3.8, 4) is 0 Å². The molecule has 2 aromatic carbocycles. The zero-order chi connectivity index (χ0) is 19.0. The van der Waals surface area contributed by atoms with E-state index in [9.17, 15) is 9.59 Å². The van der Waals surface area contributed by atoms with Crippen molar-refractivity contribution in [2.75, 3.05) is 5.32 Å². The monoisotopic (exact) mass is 404 g/mol. The Hall–Kier alpha value is -2.08. The summed E-state index contributed by atoms with van der Waals surface area (Å²) in [5, 5.41) is 6.60. The van der Waals surface area contributed by atoms with Gasteiger partial charge in [-0.25, -0.2) is 0 Å². The number of carbonyl (C=O) groups is 2. The largest absolute Gasteiger partial charge is 0.373 e. The van der Waals surface area contributed by atoms with E-state index in [1.54, 1.807) is 42.5 Å². The maximum Gasteiger partial charge on any atom is 0.255 e. The van der Waals surface area contributed by atoms with Gasteiger partial charge in [-0.2, -0.15) is 0 Å². The molecule has 2 aliphatic heterocycles. The molecule has 2 aromatic rings. The third kappa shape index (κ3) is 4.10. The maximum atomic E-state index is 12.4. The van der Waals surface area contributed by atoms with Gasteiger partial charge in [0, 0.05) is 26.9 Å². The average Bonchev–Trinajstić information content (AvgIpc) is 3.24. The first-order chi connectivity index (χ1) is 13.0. The molecule has 27 heavy (non-hydrogen) atoms. The van der Waals surface area contributed by atoms with E-state index >= 15 is 0 Å². The highest BCUT2D eigenvalue weighted by Gasteiger charge is 2.41. The average molecular weight is 405 g/mol. The molecule has 3 atom stereocenters. The van der Waals surface area contributed by atoms with Gasteiger partial charge in [0.05, 0.1) is 18.2 Å². The Morgan fingerprint density at radius 2 is 1.63 bits per heavy atom. The standard InChI is InChI=1S/C20H18Cl2N2O3/c21-13-7-12(8-14(22)9-13)20(26)23-15-3-1-11(2-4-15)19(25)24-17-10-16-5-6-18(17)27-16/h1-4,7-9,16-18H,5-6,10H2,(H,23,26)(H,24,25)/t16-,17-,18+/m1/s1. The molecule has 0 aromatic heterocycles. The predicted octanol–water partition coefficient (Wildman–Crippen LogP) is 4.30. The minimum absolute atomic E-state index is 0.0863. The van der Waals surface area contributed by atoms with Gasteiger partial charge in [0.2, 0.25) is 0 Å². The van der Waals surface area contributed by atoms with Crippen LogP contribution in [0.1, 0.15) is 40.0 Å². The molecule has 2 N–H and O–H groups in total. The van der Waals surface area contributed by atoms with E-state index in [2.05, 4.69) is 10.6 Å². The third-order valence-electron chi connectivity index (χ3n) is 4.95. The van der Waals surface area contributed by atoms with E-state index < -0.39 is 0 Å². The molecule has 4 rings (SSSR count). The number of benzene rings is 2. The molecule has 140 valence electrons. The highest BCUT2D eigenvalue weighted by Crippen LogP contribution is 2.34. The van der Waals surface area contributed by atoms with Crippen LogP contribution in [-0.4, -0.2) is 30.1 Å². The fraction of sp³-hybridized carbons (Fsp3) is 0.300. The summed E-state index contributed by atoms with van der Waals surface area (Å²) in [6.45, 7) is 0. The summed E-state index contributed by atoms with van der Waals surface area (Å²) in [5.74, 6) is -0.452. The van der Waals surface area contributed by atoms with Gasteiger partial charge >= 0.3 is 0 Å². The number of rotatable bonds is 4. The first kappa shape index (κ1) is 18.3. The van der Waals surface area contributed by atoms with E-state index in [4.69, 9.17) is 27.9 Å². The van der Waals surface area contributed by atoms with Crippen LogP contribution in [0.3, 0.4) is 0 Å². The lowest BCUT2D eigenvalue weighted by Crippen LogP contribution is -2.41. The number of fused-ring (bicyclic) bond motifs is 2. The summed E-state index contributed by atoms with van der Waals surface area (Å²) < 4.78 is 5.76. The SMILES string of the molecule is O=C(Nc1ccc(C(=O)N[C@@H]2C[C@H]3CC[C@@H]2O3)cc1)c1cc(Cl)cc(Cl)c1. The molecule has 0 spiro atoms. The second-order valence-electron chi connectivity index (χ2n) is 6.88. The van der Waals surface area contributed by atoms with Crippen LogP contribution in [0.5, 0.6) is 0 Å². The molecule has 0 aliphatic carbocycles. The number of halogens is 2. The lowest BCUT2D eigenvalue weighted by atomic mass is 9.95. The lowest BCUT2D eigenvalue weighted by molar-refractivity contribution is 0.0841. The normalized spacial score (nSPS) is 23.3. The second-order valence-corrected chi connectivity index (χ2v) is 7.75. The topological polar surface area (TPSA) is 67.4 Å². The molecule has 0 radical (unpaired) electrons. The minimum Gasteiger partial charge on any atom is -0.373 e. The minimum atomic E-state index is -0.323. The number of ether oxygens (including phenoxy) is 1. The Bertz CT molecular complexity index is 865. The number of anilines is 1. The van der Waals surface area contributed by atoms with E-state index in [1.807, 2.05) is 0 Å². The molecular weight excluding hydrogens is 387 g/mol. The van der Waals surface area contributed by atoms with Crippen LogP contribution in [0.4, 0.5) is 5.69 Å². The van der Waals surface area contributed by atoms with Gasteiger partial charge in [-0.1, -0.05) is 23.2 Å². The number of carbonyl (C=O) groups excluding carboxylic acids is 2. The molecular formula is C20H18Cl2N2O3. The fourth-order valence-electron chi connectivity index (χ4n) is 3.63. The van der Waals surface area contributed by atoms with Gasteiger partial charge in [0.25, 0.3) is 11.8 Å².